The summed E-state index contributed by atoms with van der Waals surface area (Å²) in [5.74, 6) is -0.917. The Bertz CT molecular complexity index is 947. The molecule has 0 saturated heterocycles. The van der Waals surface area contributed by atoms with E-state index in [-0.39, 0.29) is 11.5 Å². The molecular formula is C17H13F3N2O3S. The van der Waals surface area contributed by atoms with E-state index in [4.69, 9.17) is 10.3 Å². The molecule has 0 atom stereocenters. The Morgan fingerprint density at radius 2 is 2.04 bits per heavy atom. The molecule has 3 rings (SSSR count). The number of carbonyl (C=O) groups excluding carboxylic acids is 1. The predicted octanol–water partition coefficient (Wildman–Crippen LogP) is 4.30. The molecule has 26 heavy (non-hydrogen) atoms. The van der Waals surface area contributed by atoms with Crippen molar-refractivity contribution in [1.82, 2.24) is 5.16 Å². The second kappa shape index (κ2) is 6.83. The van der Waals surface area contributed by atoms with Crippen molar-refractivity contribution < 1.29 is 27.2 Å². The van der Waals surface area contributed by atoms with Gasteiger partial charge in [-0.2, -0.15) is 0 Å². The fourth-order valence-corrected chi connectivity index (χ4v) is 3.38. The highest BCUT2D eigenvalue weighted by atomic mass is 32.1. The van der Waals surface area contributed by atoms with Gasteiger partial charge in [0, 0.05) is 22.2 Å². The Balaban J connectivity index is 1.76. The molecule has 1 aromatic carbocycles. The molecule has 0 spiro atoms. The van der Waals surface area contributed by atoms with Crippen LogP contribution in [0.2, 0.25) is 0 Å². The molecule has 0 saturated carbocycles. The lowest BCUT2D eigenvalue weighted by Gasteiger charge is -2.12. The van der Waals surface area contributed by atoms with Crippen LogP contribution in [0.25, 0.3) is 10.4 Å². The Hall–Kier alpha value is -2.81. The van der Waals surface area contributed by atoms with Crippen LogP contribution in [0.4, 0.5) is 13.2 Å². The quantitative estimate of drug-likeness (QED) is 0.714. The molecule has 3 aromatic rings. The highest BCUT2D eigenvalue weighted by Crippen LogP contribution is 2.33. The highest BCUT2D eigenvalue weighted by molar-refractivity contribution is 7.15. The van der Waals surface area contributed by atoms with E-state index >= 15 is 0 Å². The summed E-state index contributed by atoms with van der Waals surface area (Å²) in [7, 11) is 0. The molecule has 0 bridgehead atoms. The number of alkyl halides is 3. The Kier molecular flexibility index (Phi) is 4.73. The number of nitrogens with zero attached hydrogens (tertiary/aromatic N) is 1. The summed E-state index contributed by atoms with van der Waals surface area (Å²) in [6.45, 7) is 1.56. The maximum Gasteiger partial charge on any atom is 0.573 e. The van der Waals surface area contributed by atoms with Gasteiger partial charge in [-0.1, -0.05) is 5.16 Å². The van der Waals surface area contributed by atoms with E-state index in [1.807, 2.05) is 12.1 Å². The molecule has 136 valence electrons. The summed E-state index contributed by atoms with van der Waals surface area (Å²) in [5, 5.41) is 3.78. The number of primary amides is 1. The zero-order valence-corrected chi connectivity index (χ0v) is 14.3. The summed E-state index contributed by atoms with van der Waals surface area (Å²) in [4.78, 5) is 12.9. The Morgan fingerprint density at radius 1 is 1.27 bits per heavy atom. The van der Waals surface area contributed by atoms with Crippen molar-refractivity contribution in [3.63, 3.8) is 0 Å². The number of benzene rings is 1. The normalized spacial score (nSPS) is 11.5. The van der Waals surface area contributed by atoms with E-state index in [0.717, 1.165) is 15.3 Å². The number of carbonyl (C=O) groups is 1. The lowest BCUT2D eigenvalue weighted by atomic mass is 10.1. The van der Waals surface area contributed by atoms with E-state index in [9.17, 15) is 18.0 Å². The largest absolute Gasteiger partial charge is 0.573 e. The van der Waals surface area contributed by atoms with Crippen LogP contribution in [-0.2, 0) is 6.42 Å². The third-order valence-corrected chi connectivity index (χ3v) is 4.64. The van der Waals surface area contributed by atoms with Gasteiger partial charge in [-0.15, -0.1) is 24.5 Å². The van der Waals surface area contributed by atoms with Crippen LogP contribution in [0.1, 0.15) is 26.7 Å². The van der Waals surface area contributed by atoms with Crippen molar-refractivity contribution in [2.24, 2.45) is 5.73 Å². The maximum atomic E-state index is 12.3. The average Bonchev–Trinajstić information content (AvgIpc) is 3.18. The molecule has 1 amide bonds. The molecule has 0 aliphatic carbocycles. The number of nitrogens with two attached hydrogens (primary N) is 1. The average molecular weight is 382 g/mol. The molecule has 0 fully saturated rings. The Morgan fingerprint density at radius 3 is 2.65 bits per heavy atom. The van der Waals surface area contributed by atoms with Gasteiger partial charge in [0.15, 0.2) is 0 Å². The van der Waals surface area contributed by atoms with E-state index in [0.29, 0.717) is 17.7 Å². The monoisotopic (exact) mass is 382 g/mol. The molecule has 0 unspecified atom stereocenters. The van der Waals surface area contributed by atoms with Gasteiger partial charge in [-0.05, 0) is 48.4 Å². The SMILES string of the molecule is Cc1cc(-c2ccc(Cc3cc(C(N)=O)on3)s2)ccc1OC(F)(F)F. The van der Waals surface area contributed by atoms with E-state index in [2.05, 4.69) is 9.89 Å². The lowest BCUT2D eigenvalue weighted by Crippen LogP contribution is -2.17. The molecule has 2 heterocycles. The van der Waals surface area contributed by atoms with Crippen LogP contribution < -0.4 is 10.5 Å². The number of ether oxygens (including phenoxy) is 1. The number of thiophene rings is 1. The van der Waals surface area contributed by atoms with Crippen molar-refractivity contribution in [1.29, 1.82) is 0 Å². The summed E-state index contributed by atoms with van der Waals surface area (Å²) >= 11 is 1.47. The number of amides is 1. The van der Waals surface area contributed by atoms with Crippen LogP contribution in [-0.4, -0.2) is 17.4 Å². The van der Waals surface area contributed by atoms with Gasteiger partial charge in [-0.3, -0.25) is 4.79 Å². The molecule has 2 aromatic heterocycles. The summed E-state index contributed by atoms with van der Waals surface area (Å²) in [5.41, 5.74) is 6.85. The van der Waals surface area contributed by atoms with Crippen molar-refractivity contribution in [2.75, 3.05) is 0 Å². The van der Waals surface area contributed by atoms with Crippen LogP contribution >= 0.6 is 11.3 Å². The smallest absolute Gasteiger partial charge is 0.406 e. The number of halogens is 3. The predicted molar refractivity (Wildman–Crippen MR) is 89.0 cm³/mol. The minimum Gasteiger partial charge on any atom is -0.406 e. The summed E-state index contributed by atoms with van der Waals surface area (Å²) < 4.78 is 45.8. The van der Waals surface area contributed by atoms with Gasteiger partial charge in [0.25, 0.3) is 5.91 Å². The number of hydrogen-bond acceptors (Lipinski definition) is 5. The van der Waals surface area contributed by atoms with E-state index in [1.165, 1.54) is 23.5 Å². The van der Waals surface area contributed by atoms with Gasteiger partial charge < -0.3 is 15.0 Å². The van der Waals surface area contributed by atoms with Crippen molar-refractivity contribution in [2.45, 2.75) is 19.7 Å². The van der Waals surface area contributed by atoms with Gasteiger partial charge >= 0.3 is 6.36 Å². The second-order valence-electron chi connectivity index (χ2n) is 5.52. The van der Waals surface area contributed by atoms with Crippen LogP contribution in [0.3, 0.4) is 0 Å². The number of hydrogen-bond donors (Lipinski definition) is 1. The third-order valence-electron chi connectivity index (χ3n) is 3.50. The molecular weight excluding hydrogens is 369 g/mol. The number of aromatic nitrogens is 1. The van der Waals surface area contributed by atoms with Crippen LogP contribution in [0.15, 0.2) is 40.9 Å². The summed E-state index contributed by atoms with van der Waals surface area (Å²) in [6, 6.07) is 9.74. The highest BCUT2D eigenvalue weighted by Gasteiger charge is 2.31. The minimum atomic E-state index is -4.72. The molecule has 0 aliphatic heterocycles. The van der Waals surface area contributed by atoms with Crippen molar-refractivity contribution >= 4 is 17.2 Å². The van der Waals surface area contributed by atoms with Gasteiger partial charge in [0.1, 0.15) is 5.75 Å². The lowest BCUT2D eigenvalue weighted by molar-refractivity contribution is -0.274. The first kappa shape index (κ1) is 18.0. The standard InChI is InChI=1S/C17H13F3N2O3S/c1-9-6-10(2-4-13(9)24-17(18,19)20)15-5-3-12(26-15)7-11-8-14(16(21)23)25-22-11/h2-6,8H,7H2,1H3,(H2,21,23). The number of aryl methyl sites for hydroxylation is 1. The molecule has 0 radical (unpaired) electrons. The Labute approximate surface area is 150 Å². The fourth-order valence-electron chi connectivity index (χ4n) is 2.36. The van der Waals surface area contributed by atoms with Gasteiger partial charge in [0.2, 0.25) is 5.76 Å². The van der Waals surface area contributed by atoms with Crippen LogP contribution in [0, 0.1) is 6.92 Å². The van der Waals surface area contributed by atoms with Crippen molar-refractivity contribution in [3.05, 3.63) is 58.3 Å². The number of rotatable bonds is 5. The van der Waals surface area contributed by atoms with Gasteiger partial charge in [0.05, 0.1) is 5.69 Å². The maximum absolute atomic E-state index is 12.3. The second-order valence-corrected chi connectivity index (χ2v) is 6.69. The summed E-state index contributed by atoms with van der Waals surface area (Å²) in [6.07, 6.45) is -4.26. The molecule has 0 aliphatic rings. The van der Waals surface area contributed by atoms with E-state index < -0.39 is 12.3 Å². The fraction of sp³-hybridized carbons (Fsp3) is 0.176. The van der Waals surface area contributed by atoms with Crippen molar-refractivity contribution in [3.8, 4) is 16.2 Å². The van der Waals surface area contributed by atoms with E-state index in [1.54, 1.807) is 19.1 Å². The molecule has 2 N–H and O–H groups in total. The first-order chi connectivity index (χ1) is 12.2. The molecule has 5 nitrogen and oxygen atoms in total. The first-order valence-electron chi connectivity index (χ1n) is 7.42. The molecule has 9 heteroatoms. The first-order valence-corrected chi connectivity index (χ1v) is 8.24. The van der Waals surface area contributed by atoms with Crippen LogP contribution in [0.5, 0.6) is 5.75 Å². The zero-order valence-electron chi connectivity index (χ0n) is 13.5. The van der Waals surface area contributed by atoms with Gasteiger partial charge in [-0.25, -0.2) is 0 Å². The minimum absolute atomic E-state index is 0.00680. The zero-order chi connectivity index (χ0) is 18.9. The third kappa shape index (κ3) is 4.23. The topological polar surface area (TPSA) is 78.4 Å².